The van der Waals surface area contributed by atoms with E-state index in [1.54, 1.807) is 18.7 Å². The maximum atomic E-state index is 13.2. The molecule has 0 fully saturated rings. The summed E-state index contributed by atoms with van der Waals surface area (Å²) < 4.78 is 10.2. The van der Waals surface area contributed by atoms with Crippen LogP contribution in [0.15, 0.2) is 94.5 Å². The van der Waals surface area contributed by atoms with Crippen LogP contribution >= 0.6 is 0 Å². The second-order valence-electron chi connectivity index (χ2n) is 7.84. The van der Waals surface area contributed by atoms with Gasteiger partial charge in [0.2, 0.25) is 0 Å². The fraction of sp³-hybridized carbons (Fsp3) is 0.115. The third-order valence-corrected chi connectivity index (χ3v) is 5.67. The van der Waals surface area contributed by atoms with Gasteiger partial charge in [-0.05, 0) is 28.8 Å². The van der Waals surface area contributed by atoms with E-state index in [1.807, 2.05) is 84.9 Å². The molecule has 0 aliphatic heterocycles. The minimum atomic E-state index is -0.423. The fourth-order valence-corrected chi connectivity index (χ4v) is 3.87. The van der Waals surface area contributed by atoms with Gasteiger partial charge >= 0.3 is 11.7 Å². The molecule has 5 rings (SSSR count). The zero-order valence-corrected chi connectivity index (χ0v) is 18.3. The number of rotatable bonds is 5. The van der Waals surface area contributed by atoms with Crippen LogP contribution in [0, 0.1) is 0 Å². The van der Waals surface area contributed by atoms with Gasteiger partial charge in [0, 0.05) is 14.1 Å². The Kier molecular flexibility index (Phi) is 5.14. The Morgan fingerprint density at radius 2 is 1.36 bits per heavy atom. The second-order valence-corrected chi connectivity index (χ2v) is 7.84. The first-order valence-electron chi connectivity index (χ1n) is 10.6. The molecular weight excluding hydrogens is 416 g/mol. The van der Waals surface area contributed by atoms with Crippen LogP contribution in [0.5, 0.6) is 11.8 Å². The minimum absolute atomic E-state index is 0.185. The van der Waals surface area contributed by atoms with Crippen molar-refractivity contribution in [3.63, 3.8) is 0 Å². The number of aromatic nitrogens is 4. The molecule has 0 atom stereocenters. The highest BCUT2D eigenvalue weighted by Crippen LogP contribution is 2.26. The standard InChI is InChI=1S/C26H22N4O3/c1-28-22-23(29(2)26(32)30(24(22)31)17-18-9-5-3-6-10-18)27-25(28)33-21-15-13-20(14-16-21)19-11-7-4-8-12-19/h3-16H,17H2,1-2H3. The molecule has 2 aromatic heterocycles. The van der Waals surface area contributed by atoms with Gasteiger partial charge in [0.1, 0.15) is 5.75 Å². The van der Waals surface area contributed by atoms with Crippen molar-refractivity contribution in [3.8, 4) is 22.9 Å². The van der Waals surface area contributed by atoms with Crippen molar-refractivity contribution >= 4 is 11.2 Å². The van der Waals surface area contributed by atoms with E-state index in [0.717, 1.165) is 16.7 Å². The molecule has 0 saturated heterocycles. The van der Waals surface area contributed by atoms with Crippen LogP contribution in [0.25, 0.3) is 22.3 Å². The van der Waals surface area contributed by atoms with Gasteiger partial charge in [0.25, 0.3) is 5.56 Å². The van der Waals surface area contributed by atoms with Crippen molar-refractivity contribution < 1.29 is 4.74 Å². The third kappa shape index (κ3) is 3.74. The molecule has 2 heterocycles. The predicted octanol–water partition coefficient (Wildman–Crippen LogP) is 3.94. The summed E-state index contributed by atoms with van der Waals surface area (Å²) in [6.45, 7) is 0.185. The summed E-state index contributed by atoms with van der Waals surface area (Å²) in [5.41, 5.74) is 2.82. The number of fused-ring (bicyclic) bond motifs is 1. The number of benzene rings is 3. The molecule has 164 valence electrons. The number of aryl methyl sites for hydroxylation is 2. The third-order valence-electron chi connectivity index (χ3n) is 5.67. The lowest BCUT2D eigenvalue weighted by Gasteiger charge is -2.09. The molecule has 5 aromatic rings. The average molecular weight is 438 g/mol. The highest BCUT2D eigenvalue weighted by atomic mass is 16.5. The van der Waals surface area contributed by atoms with Crippen LogP contribution in [0.4, 0.5) is 0 Å². The molecule has 0 aliphatic carbocycles. The van der Waals surface area contributed by atoms with Crippen LogP contribution in [0.1, 0.15) is 5.56 Å². The quantitative estimate of drug-likeness (QED) is 0.417. The van der Waals surface area contributed by atoms with Crippen molar-refractivity contribution in [1.82, 2.24) is 18.7 Å². The molecule has 0 aliphatic rings. The van der Waals surface area contributed by atoms with E-state index in [1.165, 1.54) is 9.13 Å². The number of nitrogens with zero attached hydrogens (tertiary/aromatic N) is 4. The van der Waals surface area contributed by atoms with Crippen molar-refractivity contribution in [1.29, 1.82) is 0 Å². The molecule has 33 heavy (non-hydrogen) atoms. The first-order chi connectivity index (χ1) is 16.0. The minimum Gasteiger partial charge on any atom is -0.425 e. The Morgan fingerprint density at radius 3 is 2.03 bits per heavy atom. The molecule has 0 N–H and O–H groups in total. The summed E-state index contributed by atoms with van der Waals surface area (Å²) in [4.78, 5) is 30.6. The van der Waals surface area contributed by atoms with Gasteiger partial charge in [0.05, 0.1) is 6.54 Å². The Morgan fingerprint density at radius 1 is 0.758 bits per heavy atom. The van der Waals surface area contributed by atoms with Gasteiger partial charge in [-0.25, -0.2) is 4.79 Å². The van der Waals surface area contributed by atoms with Gasteiger partial charge in [-0.15, -0.1) is 0 Å². The molecule has 7 nitrogen and oxygen atoms in total. The summed E-state index contributed by atoms with van der Waals surface area (Å²) in [6.07, 6.45) is 0. The molecule has 7 heteroatoms. The van der Waals surface area contributed by atoms with E-state index >= 15 is 0 Å². The van der Waals surface area contributed by atoms with Crippen molar-refractivity contribution in [2.24, 2.45) is 14.1 Å². The van der Waals surface area contributed by atoms with Crippen LogP contribution in [-0.4, -0.2) is 18.7 Å². The van der Waals surface area contributed by atoms with Gasteiger partial charge in [-0.2, -0.15) is 4.98 Å². The topological polar surface area (TPSA) is 71.1 Å². The van der Waals surface area contributed by atoms with Crippen molar-refractivity contribution in [3.05, 3.63) is 111 Å². The summed E-state index contributed by atoms with van der Waals surface area (Å²) in [5.74, 6) is 0.586. The molecular formula is C26H22N4O3. The van der Waals surface area contributed by atoms with Crippen molar-refractivity contribution in [2.75, 3.05) is 0 Å². The van der Waals surface area contributed by atoms with E-state index in [2.05, 4.69) is 4.98 Å². The maximum absolute atomic E-state index is 13.2. The molecule has 0 unspecified atom stereocenters. The van der Waals surface area contributed by atoms with Crippen molar-refractivity contribution in [2.45, 2.75) is 6.54 Å². The van der Waals surface area contributed by atoms with Gasteiger partial charge < -0.3 is 4.74 Å². The zero-order chi connectivity index (χ0) is 22.9. The molecule has 0 spiro atoms. The number of imidazole rings is 1. The van der Waals surface area contributed by atoms with Gasteiger partial charge in [-0.1, -0.05) is 72.8 Å². The largest absolute Gasteiger partial charge is 0.425 e. The predicted molar refractivity (Wildman–Crippen MR) is 128 cm³/mol. The lowest BCUT2D eigenvalue weighted by Crippen LogP contribution is -2.39. The monoisotopic (exact) mass is 438 g/mol. The number of hydrogen-bond acceptors (Lipinski definition) is 4. The zero-order valence-electron chi connectivity index (χ0n) is 18.3. The molecule has 0 saturated carbocycles. The number of ether oxygens (including phenoxy) is 1. The molecule has 0 amide bonds. The summed E-state index contributed by atoms with van der Waals surface area (Å²) in [7, 11) is 3.32. The fourth-order valence-electron chi connectivity index (χ4n) is 3.87. The van der Waals surface area contributed by atoms with Crippen LogP contribution in [0.2, 0.25) is 0 Å². The summed E-state index contributed by atoms with van der Waals surface area (Å²) >= 11 is 0. The maximum Gasteiger partial charge on any atom is 0.332 e. The van der Waals surface area contributed by atoms with E-state index in [9.17, 15) is 9.59 Å². The van der Waals surface area contributed by atoms with Crippen LogP contribution < -0.4 is 16.0 Å². The lowest BCUT2D eigenvalue weighted by atomic mass is 10.1. The highest BCUT2D eigenvalue weighted by Gasteiger charge is 2.20. The average Bonchev–Trinajstić information content (AvgIpc) is 3.18. The molecule has 0 bridgehead atoms. The first-order valence-corrected chi connectivity index (χ1v) is 10.6. The van der Waals surface area contributed by atoms with E-state index in [4.69, 9.17) is 4.74 Å². The SMILES string of the molecule is Cn1c(Oc2ccc(-c3ccccc3)cc2)nc2c1c(=O)n(Cc1ccccc1)c(=O)n2C. The second kappa shape index (κ2) is 8.27. The summed E-state index contributed by atoms with van der Waals surface area (Å²) in [6, 6.07) is 27.4. The Bertz CT molecular complexity index is 1550. The van der Waals surface area contributed by atoms with Crippen LogP contribution in [0.3, 0.4) is 0 Å². The lowest BCUT2D eigenvalue weighted by molar-refractivity contribution is 0.427. The van der Waals surface area contributed by atoms with E-state index in [0.29, 0.717) is 11.3 Å². The normalized spacial score (nSPS) is 11.1. The summed E-state index contributed by atoms with van der Waals surface area (Å²) in [5, 5.41) is 0. The highest BCUT2D eigenvalue weighted by molar-refractivity contribution is 5.72. The van der Waals surface area contributed by atoms with E-state index in [-0.39, 0.29) is 18.2 Å². The molecule has 3 aromatic carbocycles. The smallest absolute Gasteiger partial charge is 0.332 e. The first kappa shape index (κ1) is 20.5. The number of hydrogen-bond donors (Lipinski definition) is 0. The van der Waals surface area contributed by atoms with Crippen LogP contribution in [-0.2, 0) is 20.6 Å². The van der Waals surface area contributed by atoms with E-state index < -0.39 is 11.2 Å². The Labute approximate surface area is 189 Å². The Balaban J connectivity index is 1.52. The molecule has 0 radical (unpaired) electrons. The van der Waals surface area contributed by atoms with Gasteiger partial charge in [-0.3, -0.25) is 18.5 Å². The van der Waals surface area contributed by atoms with Gasteiger partial charge in [0.15, 0.2) is 11.2 Å². The Hall–Kier alpha value is -4.39.